The van der Waals surface area contributed by atoms with Crippen LogP contribution in [0.25, 0.3) is 10.6 Å². The topological polar surface area (TPSA) is 63.2 Å². The number of aromatic nitrogens is 2. The van der Waals surface area contributed by atoms with Crippen molar-refractivity contribution >= 4 is 44.5 Å². The maximum atomic E-state index is 12.7. The molecule has 0 saturated carbocycles. The van der Waals surface area contributed by atoms with Crippen LogP contribution < -0.4 is 0 Å². The second-order valence-electron chi connectivity index (χ2n) is 6.24. The van der Waals surface area contributed by atoms with Crippen molar-refractivity contribution in [2.75, 3.05) is 13.1 Å². The lowest BCUT2D eigenvalue weighted by Crippen LogP contribution is -2.35. The predicted molar refractivity (Wildman–Crippen MR) is 112 cm³/mol. The van der Waals surface area contributed by atoms with E-state index in [0.29, 0.717) is 18.8 Å². The van der Waals surface area contributed by atoms with Gasteiger partial charge in [-0.2, -0.15) is 15.6 Å². The zero-order valence-corrected chi connectivity index (χ0v) is 17.8. The molecular weight excluding hydrogens is 418 g/mol. The van der Waals surface area contributed by atoms with E-state index < -0.39 is 10.0 Å². The fourth-order valence-electron chi connectivity index (χ4n) is 2.90. The van der Waals surface area contributed by atoms with Gasteiger partial charge >= 0.3 is 0 Å². The average Bonchev–Trinajstić information content (AvgIpc) is 3.39. The first-order valence-electron chi connectivity index (χ1n) is 8.69. The first-order valence-corrected chi connectivity index (χ1v) is 12.9. The molecule has 27 heavy (non-hydrogen) atoms. The van der Waals surface area contributed by atoms with Gasteiger partial charge in [0.2, 0.25) is 10.0 Å². The van der Waals surface area contributed by atoms with Gasteiger partial charge in [-0.05, 0) is 36.4 Å². The summed E-state index contributed by atoms with van der Waals surface area (Å²) in [6.07, 6.45) is 4.44. The number of thiazole rings is 1. The Morgan fingerprint density at radius 1 is 1.11 bits per heavy atom. The molecule has 4 rings (SSSR count). The van der Waals surface area contributed by atoms with E-state index in [4.69, 9.17) is 0 Å². The molecule has 1 aliphatic heterocycles. The van der Waals surface area contributed by atoms with Crippen molar-refractivity contribution in [1.82, 2.24) is 14.3 Å². The Morgan fingerprint density at radius 2 is 1.96 bits per heavy atom. The lowest BCUT2D eigenvalue weighted by molar-refractivity contribution is 0.346. The molecule has 0 spiro atoms. The van der Waals surface area contributed by atoms with Gasteiger partial charge in [0.25, 0.3) is 0 Å². The molecule has 1 aliphatic rings. The van der Waals surface area contributed by atoms with E-state index in [9.17, 15) is 8.42 Å². The summed E-state index contributed by atoms with van der Waals surface area (Å²) in [6, 6.07) is 5.52. The van der Waals surface area contributed by atoms with Gasteiger partial charge in [-0.25, -0.2) is 18.4 Å². The summed E-state index contributed by atoms with van der Waals surface area (Å²) >= 11 is 4.87. The van der Waals surface area contributed by atoms with E-state index >= 15 is 0 Å². The maximum absolute atomic E-state index is 12.7. The van der Waals surface area contributed by atoms with Crippen molar-refractivity contribution < 1.29 is 8.42 Å². The van der Waals surface area contributed by atoms with Crippen molar-refractivity contribution in [2.24, 2.45) is 0 Å². The number of hydrogen-bond acceptors (Lipinski definition) is 7. The quantitative estimate of drug-likeness (QED) is 0.522. The highest BCUT2D eigenvalue weighted by molar-refractivity contribution is 7.98. The SMILES string of the molecule is O=S(=O)(c1ccc(SCc2csc(-c3ccsc3)n2)nc1)N1CCCCC1. The van der Waals surface area contributed by atoms with E-state index in [0.717, 1.165) is 40.6 Å². The maximum Gasteiger partial charge on any atom is 0.244 e. The monoisotopic (exact) mass is 437 g/mol. The van der Waals surface area contributed by atoms with Crippen LogP contribution in [0.2, 0.25) is 0 Å². The third-order valence-electron chi connectivity index (χ3n) is 4.35. The standard InChI is InChI=1S/C18H19N3O2S4/c22-27(23,21-7-2-1-3-8-21)16-4-5-17(19-10-16)25-12-15-13-26-18(20-15)14-6-9-24-11-14/h4-6,9-11,13H,1-3,7-8,12H2. The normalized spacial score (nSPS) is 15.9. The van der Waals surface area contributed by atoms with E-state index in [1.165, 1.54) is 6.20 Å². The second-order valence-corrected chi connectivity index (χ2v) is 10.8. The van der Waals surface area contributed by atoms with Crippen LogP contribution in [0.1, 0.15) is 25.0 Å². The number of nitrogens with zero attached hydrogens (tertiary/aromatic N) is 3. The predicted octanol–water partition coefficient (Wildman–Crippen LogP) is 4.73. The zero-order chi connectivity index (χ0) is 18.7. The second kappa shape index (κ2) is 8.40. The summed E-state index contributed by atoms with van der Waals surface area (Å²) in [4.78, 5) is 9.29. The minimum atomic E-state index is -3.42. The summed E-state index contributed by atoms with van der Waals surface area (Å²) in [5, 5.41) is 8.04. The van der Waals surface area contributed by atoms with Gasteiger partial charge in [0.05, 0.1) is 10.7 Å². The Morgan fingerprint density at radius 3 is 2.67 bits per heavy atom. The van der Waals surface area contributed by atoms with Crippen LogP contribution in [0.3, 0.4) is 0 Å². The Labute approximate surface area is 171 Å². The number of thioether (sulfide) groups is 1. The van der Waals surface area contributed by atoms with E-state index in [1.807, 2.05) is 0 Å². The van der Waals surface area contributed by atoms with E-state index in [-0.39, 0.29) is 4.90 Å². The Kier molecular flexibility index (Phi) is 5.93. The van der Waals surface area contributed by atoms with Crippen LogP contribution in [0, 0.1) is 0 Å². The van der Waals surface area contributed by atoms with E-state index in [1.54, 1.807) is 50.9 Å². The summed E-state index contributed by atoms with van der Waals surface area (Å²) in [7, 11) is -3.42. The zero-order valence-electron chi connectivity index (χ0n) is 14.6. The fourth-order valence-corrected chi connectivity index (χ4v) is 6.73. The minimum absolute atomic E-state index is 0.280. The smallest absolute Gasteiger partial charge is 0.244 e. The highest BCUT2D eigenvalue weighted by Crippen LogP contribution is 2.29. The molecule has 0 N–H and O–H groups in total. The van der Waals surface area contributed by atoms with Gasteiger partial charge in [-0.3, -0.25) is 0 Å². The fraction of sp³-hybridized carbons (Fsp3) is 0.333. The van der Waals surface area contributed by atoms with Gasteiger partial charge in [0, 0.05) is 41.4 Å². The first kappa shape index (κ1) is 19.1. The molecule has 0 amide bonds. The molecule has 0 radical (unpaired) electrons. The highest BCUT2D eigenvalue weighted by Gasteiger charge is 2.26. The lowest BCUT2D eigenvalue weighted by atomic mass is 10.2. The third-order valence-corrected chi connectivity index (χ3v) is 8.83. The number of sulfonamides is 1. The summed E-state index contributed by atoms with van der Waals surface area (Å²) in [5.74, 6) is 0.714. The van der Waals surface area contributed by atoms with Crippen molar-refractivity contribution in [3.63, 3.8) is 0 Å². The lowest BCUT2D eigenvalue weighted by Gasteiger charge is -2.25. The van der Waals surface area contributed by atoms with Crippen LogP contribution in [0.5, 0.6) is 0 Å². The van der Waals surface area contributed by atoms with Crippen molar-refractivity contribution in [3.05, 3.63) is 46.2 Å². The third kappa shape index (κ3) is 4.43. The van der Waals surface area contributed by atoms with Crippen LogP contribution >= 0.6 is 34.4 Å². The Balaban J connectivity index is 1.39. The molecule has 1 fully saturated rings. The summed E-state index contributed by atoms with van der Waals surface area (Å²) in [6.45, 7) is 1.21. The molecule has 1 saturated heterocycles. The molecule has 0 aromatic carbocycles. The summed E-state index contributed by atoms with van der Waals surface area (Å²) < 4.78 is 26.9. The van der Waals surface area contributed by atoms with Crippen LogP contribution in [-0.2, 0) is 15.8 Å². The van der Waals surface area contributed by atoms with Gasteiger partial charge in [0.1, 0.15) is 9.90 Å². The van der Waals surface area contributed by atoms with Crippen molar-refractivity contribution in [3.8, 4) is 10.6 Å². The Hall–Kier alpha value is -1.26. The van der Waals surface area contributed by atoms with Gasteiger partial charge in [-0.1, -0.05) is 6.42 Å². The number of rotatable bonds is 6. The largest absolute Gasteiger partial charge is 0.249 e. The molecule has 3 aromatic rings. The molecule has 0 atom stereocenters. The molecule has 0 bridgehead atoms. The number of hydrogen-bond donors (Lipinski definition) is 0. The molecular formula is C18H19N3O2S4. The highest BCUT2D eigenvalue weighted by atomic mass is 32.2. The van der Waals surface area contributed by atoms with Crippen molar-refractivity contribution in [1.29, 1.82) is 0 Å². The van der Waals surface area contributed by atoms with Crippen LogP contribution in [0.4, 0.5) is 0 Å². The first-order chi connectivity index (χ1) is 13.1. The summed E-state index contributed by atoms with van der Waals surface area (Å²) in [5.41, 5.74) is 2.17. The molecule has 9 heteroatoms. The Bertz CT molecular complexity index is 976. The molecule has 0 aliphatic carbocycles. The molecule has 5 nitrogen and oxygen atoms in total. The van der Waals surface area contributed by atoms with Gasteiger partial charge in [0.15, 0.2) is 0 Å². The van der Waals surface area contributed by atoms with Gasteiger partial charge in [-0.15, -0.1) is 23.1 Å². The van der Waals surface area contributed by atoms with Crippen LogP contribution in [0.15, 0.2) is 50.5 Å². The van der Waals surface area contributed by atoms with Crippen LogP contribution in [-0.4, -0.2) is 35.8 Å². The molecule has 0 unspecified atom stereocenters. The molecule has 4 heterocycles. The van der Waals surface area contributed by atoms with Crippen molar-refractivity contribution in [2.45, 2.75) is 34.9 Å². The van der Waals surface area contributed by atoms with E-state index in [2.05, 4.69) is 32.2 Å². The number of thiophene rings is 1. The molecule has 142 valence electrons. The molecule has 3 aromatic heterocycles. The van der Waals surface area contributed by atoms with Gasteiger partial charge < -0.3 is 0 Å². The number of piperidine rings is 1. The number of pyridine rings is 1. The minimum Gasteiger partial charge on any atom is -0.249 e. The average molecular weight is 438 g/mol.